The van der Waals surface area contributed by atoms with E-state index in [4.69, 9.17) is 19.7 Å². The molecule has 0 saturated heterocycles. The second kappa shape index (κ2) is 10.9. The highest BCUT2D eigenvalue weighted by molar-refractivity contribution is 7.61. The minimum atomic E-state index is -3.88. The lowest BCUT2D eigenvalue weighted by atomic mass is 10.2. The van der Waals surface area contributed by atoms with Crippen molar-refractivity contribution in [2.75, 3.05) is 6.61 Å². The van der Waals surface area contributed by atoms with Crippen molar-refractivity contribution in [2.45, 2.75) is 40.7 Å². The topological polar surface area (TPSA) is 108 Å². The Morgan fingerprint density at radius 2 is 1.64 bits per heavy atom. The molecule has 1 unspecified atom stereocenters. The van der Waals surface area contributed by atoms with Crippen molar-refractivity contribution >= 4 is 18.8 Å². The van der Waals surface area contributed by atoms with E-state index in [0.29, 0.717) is 23.9 Å². The van der Waals surface area contributed by atoms with Crippen molar-refractivity contribution in [1.29, 1.82) is 0 Å². The summed E-state index contributed by atoms with van der Waals surface area (Å²) in [4.78, 5) is 21.4. The van der Waals surface area contributed by atoms with Crippen LogP contribution in [0.4, 0.5) is 0 Å². The van der Waals surface area contributed by atoms with Gasteiger partial charge in [0.15, 0.2) is 0 Å². The fraction of sp³-hybridized carbons (Fsp3) is 0.350. The van der Waals surface area contributed by atoms with Gasteiger partial charge in [-0.15, -0.1) is 0 Å². The SMILES string of the molecule is CC.CCOc1cc(Oc2ccc(P(=O)(O)OC(C)C)cc2)cc(C(N)=O)c1. The van der Waals surface area contributed by atoms with Crippen LogP contribution in [0.25, 0.3) is 0 Å². The van der Waals surface area contributed by atoms with E-state index in [2.05, 4.69) is 0 Å². The van der Waals surface area contributed by atoms with Crippen LogP contribution in [0.1, 0.15) is 45.0 Å². The van der Waals surface area contributed by atoms with E-state index in [1.807, 2.05) is 20.8 Å². The minimum Gasteiger partial charge on any atom is -0.494 e. The summed E-state index contributed by atoms with van der Waals surface area (Å²) in [6, 6.07) is 10.7. The normalized spacial score (nSPS) is 12.5. The molecule has 0 aliphatic carbocycles. The monoisotopic (exact) mass is 409 g/mol. The predicted octanol–water partition coefficient (Wildman–Crippen LogP) is 4.24. The Hall–Kier alpha value is -2.34. The van der Waals surface area contributed by atoms with Crippen molar-refractivity contribution in [2.24, 2.45) is 5.73 Å². The van der Waals surface area contributed by atoms with Crippen LogP contribution in [0.2, 0.25) is 0 Å². The highest BCUT2D eigenvalue weighted by atomic mass is 31.2. The molecular weight excluding hydrogens is 381 g/mol. The summed E-state index contributed by atoms with van der Waals surface area (Å²) in [5.74, 6) is 0.643. The van der Waals surface area contributed by atoms with Gasteiger partial charge in [-0.3, -0.25) is 9.36 Å². The van der Waals surface area contributed by atoms with E-state index in [1.54, 1.807) is 32.0 Å². The van der Waals surface area contributed by atoms with E-state index in [9.17, 15) is 14.3 Å². The second-order valence-corrected chi connectivity index (χ2v) is 7.53. The first-order chi connectivity index (χ1) is 13.2. The molecule has 7 nitrogen and oxygen atoms in total. The van der Waals surface area contributed by atoms with E-state index in [1.165, 1.54) is 24.3 Å². The maximum Gasteiger partial charge on any atom is 0.359 e. The minimum absolute atomic E-state index is 0.166. The van der Waals surface area contributed by atoms with Crippen molar-refractivity contribution in [3.63, 3.8) is 0 Å². The number of nitrogens with two attached hydrogens (primary N) is 1. The van der Waals surface area contributed by atoms with Gasteiger partial charge in [-0.05, 0) is 57.2 Å². The van der Waals surface area contributed by atoms with Gasteiger partial charge in [0.05, 0.1) is 18.0 Å². The molecule has 0 aliphatic rings. The number of carbonyl (C=O) groups is 1. The van der Waals surface area contributed by atoms with Crippen LogP contribution in [0.15, 0.2) is 42.5 Å². The molecular formula is C20H28NO6P. The molecule has 1 amide bonds. The fourth-order valence-corrected chi connectivity index (χ4v) is 3.43. The fourth-order valence-electron chi connectivity index (χ4n) is 2.21. The van der Waals surface area contributed by atoms with Crippen LogP contribution in [0.3, 0.4) is 0 Å². The molecule has 0 aromatic heterocycles. The Morgan fingerprint density at radius 1 is 1.07 bits per heavy atom. The summed E-state index contributed by atoms with van der Waals surface area (Å²) in [5, 5.41) is 0.166. The van der Waals surface area contributed by atoms with Gasteiger partial charge < -0.3 is 24.6 Å². The zero-order valence-corrected chi connectivity index (χ0v) is 17.7. The number of carbonyl (C=O) groups excluding carboxylic acids is 1. The number of primary amides is 1. The maximum absolute atomic E-state index is 12.2. The molecule has 0 fully saturated rings. The van der Waals surface area contributed by atoms with Gasteiger partial charge in [-0.25, -0.2) is 0 Å². The van der Waals surface area contributed by atoms with Crippen molar-refractivity contribution in [3.05, 3.63) is 48.0 Å². The molecule has 2 rings (SSSR count). The molecule has 2 aromatic rings. The van der Waals surface area contributed by atoms with E-state index >= 15 is 0 Å². The number of ether oxygens (including phenoxy) is 2. The van der Waals surface area contributed by atoms with Crippen LogP contribution in [0, 0.1) is 0 Å². The van der Waals surface area contributed by atoms with Gasteiger partial charge in [0.1, 0.15) is 17.2 Å². The summed E-state index contributed by atoms with van der Waals surface area (Å²) in [5.41, 5.74) is 5.58. The lowest BCUT2D eigenvalue weighted by molar-refractivity contribution is 0.0999. The van der Waals surface area contributed by atoms with Crippen molar-refractivity contribution in [3.8, 4) is 17.2 Å². The predicted molar refractivity (Wildman–Crippen MR) is 110 cm³/mol. The average molecular weight is 409 g/mol. The summed E-state index contributed by atoms with van der Waals surface area (Å²) in [6.45, 7) is 9.62. The van der Waals surface area contributed by atoms with Gasteiger partial charge in [0, 0.05) is 11.6 Å². The Bertz CT molecular complexity index is 820. The largest absolute Gasteiger partial charge is 0.494 e. The first kappa shape index (κ1) is 23.7. The Morgan fingerprint density at radius 3 is 2.14 bits per heavy atom. The molecule has 2 aromatic carbocycles. The number of hydrogen-bond donors (Lipinski definition) is 2. The molecule has 0 spiro atoms. The lowest BCUT2D eigenvalue weighted by Crippen LogP contribution is -2.11. The smallest absolute Gasteiger partial charge is 0.359 e. The zero-order chi connectivity index (χ0) is 21.3. The number of benzene rings is 2. The highest BCUT2D eigenvalue weighted by Crippen LogP contribution is 2.42. The summed E-state index contributed by atoms with van der Waals surface area (Å²) >= 11 is 0. The van der Waals surface area contributed by atoms with Gasteiger partial charge in [-0.1, -0.05) is 13.8 Å². The standard InChI is InChI=1S/C18H22NO6P.C2H6/c1-4-23-15-9-13(18(19)20)10-16(11-15)24-14-5-7-17(8-6-14)26(21,22)25-12(2)3;1-2/h5-12H,4H2,1-3H3,(H2,19,20)(H,21,22);1-2H3. The van der Waals surface area contributed by atoms with Crippen LogP contribution >= 0.6 is 7.60 Å². The zero-order valence-electron chi connectivity index (χ0n) is 16.8. The molecule has 0 heterocycles. The van der Waals surface area contributed by atoms with Gasteiger partial charge in [-0.2, -0.15) is 0 Å². The van der Waals surface area contributed by atoms with E-state index < -0.39 is 13.5 Å². The van der Waals surface area contributed by atoms with Gasteiger partial charge in [0.25, 0.3) is 0 Å². The Labute approximate surface area is 166 Å². The molecule has 0 saturated carbocycles. The Kier molecular flexibility index (Phi) is 9.19. The summed E-state index contributed by atoms with van der Waals surface area (Å²) in [6.07, 6.45) is -0.379. The number of rotatable bonds is 8. The Balaban J connectivity index is 0.00000190. The molecule has 0 radical (unpaired) electrons. The quantitative estimate of drug-likeness (QED) is 0.632. The average Bonchev–Trinajstić information content (AvgIpc) is 2.63. The van der Waals surface area contributed by atoms with Crippen LogP contribution in [-0.4, -0.2) is 23.5 Å². The molecule has 8 heteroatoms. The molecule has 0 aliphatic heterocycles. The second-order valence-electron chi connectivity index (χ2n) is 5.76. The molecule has 1 atom stereocenters. The molecule has 28 heavy (non-hydrogen) atoms. The third-order valence-corrected chi connectivity index (χ3v) is 4.89. The molecule has 0 bridgehead atoms. The van der Waals surface area contributed by atoms with Gasteiger partial charge in [0.2, 0.25) is 5.91 Å². The molecule has 154 valence electrons. The van der Waals surface area contributed by atoms with Crippen LogP contribution < -0.4 is 20.5 Å². The van der Waals surface area contributed by atoms with Crippen molar-refractivity contribution in [1.82, 2.24) is 0 Å². The van der Waals surface area contributed by atoms with Gasteiger partial charge >= 0.3 is 7.60 Å². The van der Waals surface area contributed by atoms with Crippen LogP contribution in [0.5, 0.6) is 17.2 Å². The summed E-state index contributed by atoms with van der Waals surface area (Å²) in [7, 11) is -3.88. The third-order valence-electron chi connectivity index (χ3n) is 3.23. The number of hydrogen-bond acceptors (Lipinski definition) is 5. The third kappa shape index (κ3) is 7.00. The van der Waals surface area contributed by atoms with Crippen LogP contribution in [-0.2, 0) is 9.09 Å². The first-order valence-electron chi connectivity index (χ1n) is 9.08. The summed E-state index contributed by atoms with van der Waals surface area (Å²) < 4.78 is 28.3. The number of amides is 1. The lowest BCUT2D eigenvalue weighted by Gasteiger charge is -2.15. The van der Waals surface area contributed by atoms with Crippen molar-refractivity contribution < 1.29 is 28.3 Å². The highest BCUT2D eigenvalue weighted by Gasteiger charge is 2.24. The molecule has 3 N–H and O–H groups in total. The maximum atomic E-state index is 12.2. The van der Waals surface area contributed by atoms with E-state index in [-0.39, 0.29) is 17.0 Å². The van der Waals surface area contributed by atoms with E-state index in [0.717, 1.165) is 0 Å². The first-order valence-corrected chi connectivity index (χ1v) is 10.7.